The predicted molar refractivity (Wildman–Crippen MR) is 152 cm³/mol. The number of hydrogen-bond acceptors (Lipinski definition) is 4. The minimum Gasteiger partial charge on any atom is -0.390 e. The van der Waals surface area contributed by atoms with Crippen molar-refractivity contribution in [2.45, 2.75) is 88.9 Å². The third kappa shape index (κ3) is 4.65. The topological polar surface area (TPSA) is 81.7 Å². The van der Waals surface area contributed by atoms with Crippen molar-refractivity contribution in [2.75, 3.05) is 11.9 Å². The minimum absolute atomic E-state index is 0.0612. The van der Waals surface area contributed by atoms with Crippen LogP contribution in [-0.4, -0.2) is 52.1 Å². The Morgan fingerprint density at radius 1 is 1.23 bits per heavy atom. The van der Waals surface area contributed by atoms with Crippen LogP contribution < -0.4 is 10.6 Å². The summed E-state index contributed by atoms with van der Waals surface area (Å²) in [6.07, 6.45) is 1.45. The Morgan fingerprint density at radius 3 is 2.54 bits per heavy atom. The van der Waals surface area contributed by atoms with E-state index in [1.807, 2.05) is 13.0 Å². The van der Waals surface area contributed by atoms with Gasteiger partial charge in [-0.3, -0.25) is 14.5 Å². The van der Waals surface area contributed by atoms with Crippen molar-refractivity contribution in [1.29, 1.82) is 0 Å². The lowest BCUT2D eigenvalue weighted by atomic mass is 9.62. The van der Waals surface area contributed by atoms with Crippen LogP contribution in [0.1, 0.15) is 70.9 Å². The predicted octanol–water partition coefficient (Wildman–Crippen LogP) is 5.64. The van der Waals surface area contributed by atoms with Crippen molar-refractivity contribution in [3.63, 3.8) is 0 Å². The molecule has 1 aliphatic carbocycles. The van der Waals surface area contributed by atoms with Crippen molar-refractivity contribution in [1.82, 2.24) is 10.2 Å². The first-order chi connectivity index (χ1) is 18.2. The number of aliphatic hydroxyl groups is 1. The highest BCUT2D eigenvalue weighted by Crippen LogP contribution is 2.60. The van der Waals surface area contributed by atoms with Gasteiger partial charge in [0.15, 0.2) is 0 Å². The van der Waals surface area contributed by atoms with E-state index >= 15 is 4.39 Å². The summed E-state index contributed by atoms with van der Waals surface area (Å²) in [6, 6.07) is 8.58. The van der Waals surface area contributed by atoms with E-state index in [0.717, 1.165) is 0 Å². The standard InChI is InChI=1S/C30H36Cl2FN3O3/c1-6-36-22(15-28(2,3)4)30(19-11-10-16(31)12-21(19)35-27(30)38)23(18-8-7-9-20(32)24(18)33)25(36)26(37)34-17-13-29(5,39)14-17/h7-12,17,22-23,25,39H,6,13-15H2,1-5H3,(H,34,37)(H,35,38)/t17?,22-,23-,25+,29?,30+/m0/s1. The number of hydrogen-bond donors (Lipinski definition) is 3. The lowest BCUT2D eigenvalue weighted by Gasteiger charge is -2.42. The average molecular weight is 577 g/mol. The van der Waals surface area contributed by atoms with Crippen LogP contribution in [0.2, 0.25) is 10.0 Å². The molecular formula is C30H36Cl2FN3O3. The molecule has 2 aromatic carbocycles. The van der Waals surface area contributed by atoms with E-state index in [-0.39, 0.29) is 33.9 Å². The summed E-state index contributed by atoms with van der Waals surface area (Å²) in [5.41, 5.74) is -0.800. The Bertz CT molecular complexity index is 1320. The zero-order valence-electron chi connectivity index (χ0n) is 22.9. The fourth-order valence-corrected chi connectivity index (χ4v) is 7.57. The molecule has 6 nitrogen and oxygen atoms in total. The third-order valence-corrected chi connectivity index (χ3v) is 9.14. The van der Waals surface area contributed by atoms with Crippen LogP contribution in [0.15, 0.2) is 36.4 Å². The molecule has 0 unspecified atom stereocenters. The highest BCUT2D eigenvalue weighted by Gasteiger charge is 2.69. The number of likely N-dealkylation sites (tertiary alicyclic amines) is 1. The maximum Gasteiger partial charge on any atom is 0.238 e. The van der Waals surface area contributed by atoms with E-state index in [2.05, 4.69) is 36.3 Å². The number of rotatable bonds is 5. The molecule has 3 N–H and O–H groups in total. The van der Waals surface area contributed by atoms with Gasteiger partial charge in [0.2, 0.25) is 11.8 Å². The van der Waals surface area contributed by atoms with Crippen molar-refractivity contribution in [2.24, 2.45) is 5.41 Å². The smallest absolute Gasteiger partial charge is 0.238 e. The summed E-state index contributed by atoms with van der Waals surface area (Å²) in [6.45, 7) is 10.5. The SMILES string of the molecule is CCN1[C@@H](CC(C)(C)C)[C@@]2(C(=O)Nc3cc(Cl)ccc32)[C@@H](c2cccc(Cl)c2F)[C@@H]1C(=O)NC1CC(C)(O)C1. The first kappa shape index (κ1) is 28.3. The normalized spacial score (nSPS) is 32.2. The molecule has 1 spiro atoms. The minimum atomic E-state index is -1.28. The van der Waals surface area contributed by atoms with Gasteiger partial charge >= 0.3 is 0 Å². The van der Waals surface area contributed by atoms with Crippen LogP contribution in [0.25, 0.3) is 0 Å². The molecule has 1 saturated carbocycles. The zero-order valence-corrected chi connectivity index (χ0v) is 24.5. The van der Waals surface area contributed by atoms with Crippen LogP contribution >= 0.6 is 23.2 Å². The summed E-state index contributed by atoms with van der Waals surface area (Å²) < 4.78 is 16.0. The Balaban J connectivity index is 1.76. The molecule has 2 aromatic rings. The van der Waals surface area contributed by atoms with E-state index in [1.54, 1.807) is 31.2 Å². The summed E-state index contributed by atoms with van der Waals surface area (Å²) >= 11 is 12.6. The number of fused-ring (bicyclic) bond motifs is 2. The molecule has 3 aliphatic rings. The van der Waals surface area contributed by atoms with Gasteiger partial charge in [0.1, 0.15) is 11.2 Å². The van der Waals surface area contributed by atoms with Gasteiger partial charge in [0.25, 0.3) is 0 Å². The third-order valence-electron chi connectivity index (χ3n) is 8.62. The van der Waals surface area contributed by atoms with Gasteiger partial charge in [0.05, 0.1) is 16.7 Å². The number of benzene rings is 2. The number of nitrogens with zero attached hydrogens (tertiary/aromatic N) is 1. The average Bonchev–Trinajstić information content (AvgIpc) is 3.25. The Hall–Kier alpha value is -2.19. The van der Waals surface area contributed by atoms with Crippen molar-refractivity contribution >= 4 is 40.7 Å². The van der Waals surface area contributed by atoms with E-state index in [1.165, 1.54) is 6.07 Å². The maximum absolute atomic E-state index is 16.0. The largest absolute Gasteiger partial charge is 0.390 e. The van der Waals surface area contributed by atoms with Crippen LogP contribution in [0.3, 0.4) is 0 Å². The van der Waals surface area contributed by atoms with E-state index in [9.17, 15) is 14.7 Å². The summed E-state index contributed by atoms with van der Waals surface area (Å²) in [5.74, 6) is -2.06. The van der Waals surface area contributed by atoms with E-state index in [4.69, 9.17) is 23.2 Å². The maximum atomic E-state index is 16.0. The second-order valence-electron chi connectivity index (χ2n) is 12.8. The van der Waals surface area contributed by atoms with Gasteiger partial charge in [-0.15, -0.1) is 0 Å². The fourth-order valence-electron chi connectivity index (χ4n) is 7.22. The highest BCUT2D eigenvalue weighted by atomic mass is 35.5. The number of amides is 2. The van der Waals surface area contributed by atoms with Crippen molar-refractivity contribution in [3.8, 4) is 0 Å². The summed E-state index contributed by atoms with van der Waals surface area (Å²) in [5, 5.41) is 16.8. The molecule has 1 saturated heterocycles. The molecule has 5 rings (SSSR count). The molecule has 2 amide bonds. The second kappa shape index (κ2) is 9.72. The summed E-state index contributed by atoms with van der Waals surface area (Å²) in [7, 11) is 0. The van der Waals surface area contributed by atoms with Gasteiger partial charge < -0.3 is 15.7 Å². The first-order valence-corrected chi connectivity index (χ1v) is 14.3. The highest BCUT2D eigenvalue weighted by molar-refractivity contribution is 6.31. The Labute approximate surface area is 239 Å². The van der Waals surface area contributed by atoms with Gasteiger partial charge in [-0.05, 0) is 67.5 Å². The molecule has 0 bridgehead atoms. The zero-order chi connectivity index (χ0) is 28.5. The van der Waals surface area contributed by atoms with Crippen LogP contribution in [0.5, 0.6) is 0 Å². The number of nitrogens with one attached hydrogen (secondary N) is 2. The molecule has 9 heteroatoms. The number of halogens is 3. The number of likely N-dealkylation sites (N-methyl/N-ethyl adjacent to an activating group) is 1. The van der Waals surface area contributed by atoms with E-state index < -0.39 is 34.8 Å². The molecule has 2 aliphatic heterocycles. The Kier molecular flexibility index (Phi) is 7.06. The first-order valence-electron chi connectivity index (χ1n) is 13.5. The Morgan fingerprint density at radius 2 is 1.92 bits per heavy atom. The van der Waals surface area contributed by atoms with Gasteiger partial charge in [-0.2, -0.15) is 0 Å². The fraction of sp³-hybridized carbons (Fsp3) is 0.533. The number of carbonyl (C=O) groups excluding carboxylic acids is 2. The van der Waals surface area contributed by atoms with Crippen LogP contribution in [0.4, 0.5) is 10.1 Å². The molecule has 2 fully saturated rings. The lowest BCUT2D eigenvalue weighted by Crippen LogP contribution is -2.57. The van der Waals surface area contributed by atoms with Crippen LogP contribution in [0, 0.1) is 11.2 Å². The molecule has 4 atom stereocenters. The number of carbonyl (C=O) groups is 2. The molecule has 210 valence electrons. The number of anilines is 1. The van der Waals surface area contributed by atoms with Crippen LogP contribution in [-0.2, 0) is 15.0 Å². The monoisotopic (exact) mass is 575 g/mol. The second-order valence-corrected chi connectivity index (χ2v) is 13.6. The molecular weight excluding hydrogens is 540 g/mol. The lowest BCUT2D eigenvalue weighted by molar-refractivity contribution is -0.130. The van der Waals surface area contributed by atoms with Crippen molar-refractivity contribution in [3.05, 3.63) is 63.4 Å². The van der Waals surface area contributed by atoms with E-state index in [0.29, 0.717) is 42.1 Å². The summed E-state index contributed by atoms with van der Waals surface area (Å²) in [4.78, 5) is 30.6. The molecule has 0 aromatic heterocycles. The quantitative estimate of drug-likeness (QED) is 0.430. The van der Waals surface area contributed by atoms with Gasteiger partial charge in [-0.25, -0.2) is 4.39 Å². The van der Waals surface area contributed by atoms with Crippen molar-refractivity contribution < 1.29 is 19.1 Å². The molecule has 0 radical (unpaired) electrons. The molecule has 39 heavy (non-hydrogen) atoms. The van der Waals surface area contributed by atoms with Gasteiger partial charge in [-0.1, -0.05) is 69.1 Å². The molecule has 2 heterocycles. The van der Waals surface area contributed by atoms with Gasteiger partial charge in [0, 0.05) is 28.7 Å².